The fourth-order valence-electron chi connectivity index (χ4n) is 5.69. The number of benzene rings is 3. The second-order valence-corrected chi connectivity index (χ2v) is 9.47. The molecule has 0 aliphatic carbocycles. The second kappa shape index (κ2) is 9.93. The number of hydrogen-bond donors (Lipinski definition) is 1. The highest BCUT2D eigenvalue weighted by Crippen LogP contribution is 2.48. The minimum Gasteiger partial charge on any atom is -0.490 e. The van der Waals surface area contributed by atoms with E-state index in [0.29, 0.717) is 79.2 Å². The molecule has 38 heavy (non-hydrogen) atoms. The molecule has 3 aromatic rings. The zero-order valence-electron chi connectivity index (χ0n) is 21.5. The molecular weight excluding hydrogens is 484 g/mol. The largest absolute Gasteiger partial charge is 0.490 e. The maximum atomic E-state index is 14.1. The third kappa shape index (κ3) is 4.10. The van der Waals surface area contributed by atoms with Crippen LogP contribution < -0.4 is 24.3 Å². The number of carbonyl (C=O) groups excluding carboxylic acids is 2. The number of nitrogens with one attached hydrogen (secondary N) is 1. The molecular formula is C30H30N2O6. The lowest BCUT2D eigenvalue weighted by Crippen LogP contribution is -2.49. The van der Waals surface area contributed by atoms with Crippen LogP contribution in [0.3, 0.4) is 0 Å². The van der Waals surface area contributed by atoms with Crippen LogP contribution in [0.15, 0.2) is 54.6 Å². The Morgan fingerprint density at radius 2 is 1.68 bits per heavy atom. The van der Waals surface area contributed by atoms with Gasteiger partial charge in [-0.15, -0.1) is 0 Å². The molecule has 3 aromatic carbocycles. The highest BCUT2D eigenvalue weighted by molar-refractivity contribution is 6.04. The van der Waals surface area contributed by atoms with Crippen molar-refractivity contribution in [3.05, 3.63) is 76.9 Å². The van der Waals surface area contributed by atoms with E-state index in [-0.39, 0.29) is 11.8 Å². The van der Waals surface area contributed by atoms with Crippen LogP contribution in [0.25, 0.3) is 0 Å². The number of anilines is 1. The zero-order valence-corrected chi connectivity index (χ0v) is 21.5. The number of nitrogens with zero attached hydrogens (tertiary/aromatic N) is 1. The maximum absolute atomic E-state index is 14.1. The first-order valence-electron chi connectivity index (χ1n) is 13.1. The summed E-state index contributed by atoms with van der Waals surface area (Å²) in [5.74, 6) is 1.67. The Labute approximate surface area is 221 Å². The average molecular weight is 515 g/mol. The van der Waals surface area contributed by atoms with E-state index in [2.05, 4.69) is 5.32 Å². The molecule has 2 amide bonds. The van der Waals surface area contributed by atoms with Crippen molar-refractivity contribution < 1.29 is 28.5 Å². The minimum absolute atomic E-state index is 0.0634. The first-order valence-corrected chi connectivity index (χ1v) is 13.1. The summed E-state index contributed by atoms with van der Waals surface area (Å²) in [7, 11) is 0. The number of rotatable bonds is 6. The van der Waals surface area contributed by atoms with Gasteiger partial charge in [-0.1, -0.05) is 18.2 Å². The molecule has 3 aliphatic heterocycles. The molecule has 3 heterocycles. The number of fused-ring (bicyclic) bond motifs is 5. The van der Waals surface area contributed by atoms with Gasteiger partial charge in [-0.2, -0.15) is 0 Å². The van der Waals surface area contributed by atoms with Crippen molar-refractivity contribution in [2.75, 3.05) is 38.3 Å². The van der Waals surface area contributed by atoms with Crippen molar-refractivity contribution >= 4 is 17.5 Å². The Hall–Kier alpha value is -4.20. The summed E-state index contributed by atoms with van der Waals surface area (Å²) in [6.45, 7) is 6.32. The summed E-state index contributed by atoms with van der Waals surface area (Å²) in [6, 6.07) is 16.3. The average Bonchev–Trinajstić information content (AvgIpc) is 2.94. The van der Waals surface area contributed by atoms with Gasteiger partial charge in [-0.25, -0.2) is 0 Å². The summed E-state index contributed by atoms with van der Waals surface area (Å²) in [5, 5.41) is 3.08. The highest BCUT2D eigenvalue weighted by Gasteiger charge is 2.46. The highest BCUT2D eigenvalue weighted by atomic mass is 16.6. The van der Waals surface area contributed by atoms with Gasteiger partial charge in [0.25, 0.3) is 5.91 Å². The Morgan fingerprint density at radius 1 is 0.947 bits per heavy atom. The Balaban J connectivity index is 1.44. The van der Waals surface area contributed by atoms with Gasteiger partial charge in [0.05, 0.1) is 25.2 Å². The lowest BCUT2D eigenvalue weighted by Gasteiger charge is -2.45. The van der Waals surface area contributed by atoms with Crippen LogP contribution in [-0.2, 0) is 11.2 Å². The third-order valence-electron chi connectivity index (χ3n) is 7.28. The fourth-order valence-corrected chi connectivity index (χ4v) is 5.69. The van der Waals surface area contributed by atoms with Gasteiger partial charge in [0.1, 0.15) is 13.2 Å². The van der Waals surface area contributed by atoms with E-state index in [1.54, 1.807) is 24.3 Å². The summed E-state index contributed by atoms with van der Waals surface area (Å²) < 4.78 is 23.1. The SMILES string of the molecule is CCOc1cc2c(cc1OCC)[C@H]1[C@H](C(=O)Nc3ccc4c(c3)OCCO4)c3ccccc3C(=O)N1CC2. The molecule has 8 nitrogen and oxygen atoms in total. The van der Waals surface area contributed by atoms with Gasteiger partial charge in [-0.3, -0.25) is 9.59 Å². The molecule has 0 fully saturated rings. The van der Waals surface area contributed by atoms with Gasteiger partial charge in [0, 0.05) is 23.9 Å². The zero-order chi connectivity index (χ0) is 26.2. The molecule has 0 spiro atoms. The number of amides is 2. The molecule has 0 saturated heterocycles. The van der Waals surface area contributed by atoms with Crippen molar-refractivity contribution in [1.29, 1.82) is 0 Å². The number of hydrogen-bond acceptors (Lipinski definition) is 6. The van der Waals surface area contributed by atoms with Gasteiger partial charge < -0.3 is 29.2 Å². The van der Waals surface area contributed by atoms with Crippen LogP contribution >= 0.6 is 0 Å². The predicted molar refractivity (Wildman–Crippen MR) is 142 cm³/mol. The van der Waals surface area contributed by atoms with Crippen LogP contribution in [0.2, 0.25) is 0 Å². The normalized spacial score (nSPS) is 19.1. The molecule has 0 saturated carbocycles. The van der Waals surface area contributed by atoms with Crippen LogP contribution in [0.5, 0.6) is 23.0 Å². The van der Waals surface area contributed by atoms with Crippen LogP contribution in [0.1, 0.15) is 52.9 Å². The minimum atomic E-state index is -0.622. The molecule has 6 rings (SSSR count). The quantitative estimate of drug-likeness (QED) is 0.512. The Bertz CT molecular complexity index is 1400. The van der Waals surface area contributed by atoms with Crippen LogP contribution in [-0.4, -0.2) is 49.7 Å². The van der Waals surface area contributed by atoms with Crippen LogP contribution in [0.4, 0.5) is 5.69 Å². The lowest BCUT2D eigenvalue weighted by atomic mass is 9.75. The van der Waals surface area contributed by atoms with Crippen molar-refractivity contribution in [3.8, 4) is 23.0 Å². The molecule has 3 aliphatic rings. The van der Waals surface area contributed by atoms with E-state index in [0.717, 1.165) is 11.1 Å². The van der Waals surface area contributed by atoms with E-state index in [9.17, 15) is 9.59 Å². The van der Waals surface area contributed by atoms with Crippen molar-refractivity contribution in [2.45, 2.75) is 32.2 Å². The Kier molecular flexibility index (Phi) is 6.31. The second-order valence-electron chi connectivity index (χ2n) is 9.47. The lowest BCUT2D eigenvalue weighted by molar-refractivity contribution is -0.119. The van der Waals surface area contributed by atoms with Gasteiger partial charge >= 0.3 is 0 Å². The molecule has 196 valence electrons. The van der Waals surface area contributed by atoms with E-state index < -0.39 is 12.0 Å². The van der Waals surface area contributed by atoms with E-state index >= 15 is 0 Å². The van der Waals surface area contributed by atoms with E-state index in [4.69, 9.17) is 18.9 Å². The molecule has 0 radical (unpaired) electrons. The Morgan fingerprint density at radius 3 is 2.47 bits per heavy atom. The van der Waals surface area contributed by atoms with Crippen LogP contribution in [0, 0.1) is 0 Å². The van der Waals surface area contributed by atoms with Crippen molar-refractivity contribution in [3.63, 3.8) is 0 Å². The third-order valence-corrected chi connectivity index (χ3v) is 7.28. The van der Waals surface area contributed by atoms with Gasteiger partial charge in [0.2, 0.25) is 5.91 Å². The van der Waals surface area contributed by atoms with Crippen molar-refractivity contribution in [1.82, 2.24) is 4.90 Å². The van der Waals surface area contributed by atoms with Gasteiger partial charge in [0.15, 0.2) is 23.0 Å². The summed E-state index contributed by atoms with van der Waals surface area (Å²) in [6.07, 6.45) is 0.669. The summed E-state index contributed by atoms with van der Waals surface area (Å²) in [4.78, 5) is 29.5. The first-order chi connectivity index (χ1) is 18.6. The molecule has 0 bridgehead atoms. The molecule has 1 N–H and O–H groups in total. The maximum Gasteiger partial charge on any atom is 0.254 e. The number of carbonyl (C=O) groups is 2. The molecule has 0 aromatic heterocycles. The van der Waals surface area contributed by atoms with E-state index in [1.807, 2.05) is 49.1 Å². The number of ether oxygens (including phenoxy) is 4. The summed E-state index contributed by atoms with van der Waals surface area (Å²) >= 11 is 0. The first kappa shape index (κ1) is 24.2. The molecule has 2 atom stereocenters. The molecule has 0 unspecified atom stereocenters. The van der Waals surface area contributed by atoms with Gasteiger partial charge in [-0.05, 0) is 67.3 Å². The monoisotopic (exact) mass is 514 g/mol. The topological polar surface area (TPSA) is 86.3 Å². The summed E-state index contributed by atoms with van der Waals surface area (Å²) in [5.41, 5.74) is 3.85. The molecule has 8 heteroatoms. The van der Waals surface area contributed by atoms with Crippen molar-refractivity contribution in [2.24, 2.45) is 0 Å². The predicted octanol–water partition coefficient (Wildman–Crippen LogP) is 4.73. The fraction of sp³-hybridized carbons (Fsp3) is 0.333. The smallest absolute Gasteiger partial charge is 0.254 e. The van der Waals surface area contributed by atoms with E-state index in [1.165, 1.54) is 0 Å². The standard InChI is InChI=1S/C30H30N2O6/c1-3-35-24-15-18-11-12-32-28(22(18)17-26(24)36-4-2)27(20-7-5-6-8-21(20)30(32)34)29(33)31-19-9-10-23-25(16-19)38-14-13-37-23/h5-10,15-17,27-28H,3-4,11-14H2,1-2H3,(H,31,33)/t27-,28+/m1/s1.